The second-order valence-electron chi connectivity index (χ2n) is 6.31. The summed E-state index contributed by atoms with van der Waals surface area (Å²) in [7, 11) is 0. The maximum atomic E-state index is 6.23. The molecule has 1 aromatic carbocycles. The number of pyridine rings is 1. The Morgan fingerprint density at radius 1 is 1.00 bits per heavy atom. The predicted octanol–water partition coefficient (Wildman–Crippen LogP) is 5.13. The quantitative estimate of drug-likeness (QED) is 0.778. The molecule has 0 aliphatic rings. The number of nitrogen functional groups attached to an aromatic ring is 1. The Morgan fingerprint density at radius 3 is 2.26 bits per heavy atom. The molecule has 0 spiro atoms. The first-order valence-corrected chi connectivity index (χ1v) is 8.39. The molecular weight excluding hydrogens is 284 g/mol. The number of benzene rings is 1. The molecule has 2 rings (SSSR count). The van der Waals surface area contributed by atoms with E-state index in [-0.39, 0.29) is 6.10 Å². The fourth-order valence-corrected chi connectivity index (χ4v) is 3.08. The number of nitrogens with two attached hydrogens (primary N) is 1. The molecule has 3 heteroatoms. The van der Waals surface area contributed by atoms with Gasteiger partial charge in [-0.15, -0.1) is 0 Å². The molecule has 2 N–H and O–H groups in total. The smallest absolute Gasteiger partial charge is 0.123 e. The summed E-state index contributed by atoms with van der Waals surface area (Å²) in [5, 5.41) is 0. The highest BCUT2D eigenvalue weighted by Gasteiger charge is 2.14. The van der Waals surface area contributed by atoms with Gasteiger partial charge in [0, 0.05) is 29.1 Å². The fraction of sp³-hybridized carbons (Fsp3) is 0.450. The molecule has 0 unspecified atom stereocenters. The van der Waals surface area contributed by atoms with Gasteiger partial charge in [0.25, 0.3) is 0 Å². The van der Waals surface area contributed by atoms with Crippen molar-refractivity contribution in [2.45, 2.75) is 60.5 Å². The second-order valence-corrected chi connectivity index (χ2v) is 6.31. The molecular formula is C20H28N2O. The summed E-state index contributed by atoms with van der Waals surface area (Å²) in [5.41, 5.74) is 13.5. The normalized spacial score (nSPS) is 11.1. The van der Waals surface area contributed by atoms with Gasteiger partial charge in [0.1, 0.15) is 5.75 Å². The number of aromatic nitrogens is 1. The van der Waals surface area contributed by atoms with Crippen LogP contribution in [0.1, 0.15) is 49.1 Å². The molecule has 124 valence electrons. The van der Waals surface area contributed by atoms with Crippen LogP contribution in [-0.2, 0) is 0 Å². The summed E-state index contributed by atoms with van der Waals surface area (Å²) in [4.78, 5) is 4.72. The van der Waals surface area contributed by atoms with Crippen molar-refractivity contribution in [2.24, 2.45) is 0 Å². The van der Waals surface area contributed by atoms with Crippen molar-refractivity contribution in [3.8, 4) is 17.0 Å². The van der Waals surface area contributed by atoms with Crippen molar-refractivity contribution in [1.82, 2.24) is 4.98 Å². The minimum Gasteiger partial charge on any atom is -0.490 e. The van der Waals surface area contributed by atoms with Crippen LogP contribution in [0.25, 0.3) is 11.3 Å². The van der Waals surface area contributed by atoms with Crippen LogP contribution in [0.4, 0.5) is 5.69 Å². The fourth-order valence-electron chi connectivity index (χ4n) is 3.08. The first kappa shape index (κ1) is 17.3. The summed E-state index contributed by atoms with van der Waals surface area (Å²) in [6, 6.07) is 6.17. The lowest BCUT2D eigenvalue weighted by molar-refractivity contribution is 0.192. The van der Waals surface area contributed by atoms with Crippen LogP contribution < -0.4 is 10.5 Å². The molecule has 2 aromatic rings. The highest BCUT2D eigenvalue weighted by atomic mass is 16.5. The van der Waals surface area contributed by atoms with Gasteiger partial charge in [-0.1, -0.05) is 19.9 Å². The molecule has 0 bridgehead atoms. The number of anilines is 1. The standard InChI is InChI=1S/C20H28N2O/c1-7-16(8-2)23-17-10-14(5)22-18(11-17)19-12(3)9-13(4)20(21)15(19)6/h9-11,16H,7-8,21H2,1-6H3. The van der Waals surface area contributed by atoms with Crippen molar-refractivity contribution in [1.29, 1.82) is 0 Å². The zero-order valence-corrected chi connectivity index (χ0v) is 15.2. The topological polar surface area (TPSA) is 48.1 Å². The van der Waals surface area contributed by atoms with E-state index in [1.165, 1.54) is 5.56 Å². The Bertz CT molecular complexity index is 703. The van der Waals surface area contributed by atoms with Gasteiger partial charge in [-0.2, -0.15) is 0 Å². The molecule has 1 heterocycles. The van der Waals surface area contributed by atoms with Crippen LogP contribution in [-0.4, -0.2) is 11.1 Å². The van der Waals surface area contributed by atoms with Crippen LogP contribution in [0.2, 0.25) is 0 Å². The minimum atomic E-state index is 0.245. The van der Waals surface area contributed by atoms with E-state index in [4.69, 9.17) is 15.5 Å². The van der Waals surface area contributed by atoms with Gasteiger partial charge in [0.15, 0.2) is 0 Å². The maximum absolute atomic E-state index is 6.23. The van der Waals surface area contributed by atoms with E-state index in [0.29, 0.717) is 0 Å². The first-order valence-electron chi connectivity index (χ1n) is 8.39. The van der Waals surface area contributed by atoms with E-state index in [9.17, 15) is 0 Å². The molecule has 0 fully saturated rings. The summed E-state index contributed by atoms with van der Waals surface area (Å²) in [6.45, 7) is 12.5. The molecule has 0 atom stereocenters. The second kappa shape index (κ2) is 7.03. The first-order chi connectivity index (χ1) is 10.9. The lowest BCUT2D eigenvalue weighted by Crippen LogP contribution is -2.14. The van der Waals surface area contributed by atoms with Crippen LogP contribution in [0, 0.1) is 27.7 Å². The lowest BCUT2D eigenvalue weighted by Gasteiger charge is -2.18. The van der Waals surface area contributed by atoms with E-state index in [2.05, 4.69) is 33.8 Å². The molecule has 0 aliphatic heterocycles. The number of aryl methyl sites for hydroxylation is 3. The average molecular weight is 312 g/mol. The van der Waals surface area contributed by atoms with E-state index < -0.39 is 0 Å². The molecule has 0 aliphatic carbocycles. The number of hydrogen-bond donors (Lipinski definition) is 1. The van der Waals surface area contributed by atoms with E-state index in [1.807, 2.05) is 26.0 Å². The summed E-state index contributed by atoms with van der Waals surface area (Å²) in [5.74, 6) is 0.888. The van der Waals surface area contributed by atoms with Gasteiger partial charge < -0.3 is 10.5 Å². The molecule has 1 aromatic heterocycles. The number of rotatable bonds is 5. The molecule has 3 nitrogen and oxygen atoms in total. The van der Waals surface area contributed by atoms with Gasteiger partial charge in [-0.05, 0) is 57.2 Å². The Kier molecular flexibility index (Phi) is 5.30. The maximum Gasteiger partial charge on any atom is 0.123 e. The third-order valence-corrected chi connectivity index (χ3v) is 4.43. The average Bonchev–Trinajstić information content (AvgIpc) is 2.50. The summed E-state index contributed by atoms with van der Waals surface area (Å²) < 4.78 is 6.12. The van der Waals surface area contributed by atoms with Gasteiger partial charge in [0.05, 0.1) is 11.8 Å². The minimum absolute atomic E-state index is 0.245. The lowest BCUT2D eigenvalue weighted by atomic mass is 9.95. The highest BCUT2D eigenvalue weighted by molar-refractivity contribution is 5.76. The van der Waals surface area contributed by atoms with Gasteiger partial charge >= 0.3 is 0 Å². The summed E-state index contributed by atoms with van der Waals surface area (Å²) >= 11 is 0. The molecule has 0 radical (unpaired) electrons. The van der Waals surface area contributed by atoms with Gasteiger partial charge in [0.2, 0.25) is 0 Å². The van der Waals surface area contributed by atoms with E-state index in [1.54, 1.807) is 0 Å². The number of hydrogen-bond acceptors (Lipinski definition) is 3. The van der Waals surface area contributed by atoms with Crippen LogP contribution >= 0.6 is 0 Å². The Labute approximate surface area is 139 Å². The highest BCUT2D eigenvalue weighted by Crippen LogP contribution is 2.34. The number of nitrogens with zero attached hydrogens (tertiary/aromatic N) is 1. The largest absolute Gasteiger partial charge is 0.490 e. The van der Waals surface area contributed by atoms with Gasteiger partial charge in [-0.3, -0.25) is 4.98 Å². The monoisotopic (exact) mass is 312 g/mol. The number of ether oxygens (including phenoxy) is 1. The van der Waals surface area contributed by atoms with Crippen molar-refractivity contribution in [3.63, 3.8) is 0 Å². The van der Waals surface area contributed by atoms with Crippen molar-refractivity contribution in [2.75, 3.05) is 5.73 Å². The van der Waals surface area contributed by atoms with Gasteiger partial charge in [-0.25, -0.2) is 0 Å². The predicted molar refractivity (Wildman–Crippen MR) is 98.0 cm³/mol. The Morgan fingerprint density at radius 2 is 1.65 bits per heavy atom. The third-order valence-electron chi connectivity index (χ3n) is 4.43. The van der Waals surface area contributed by atoms with E-state index >= 15 is 0 Å². The third kappa shape index (κ3) is 3.66. The Hall–Kier alpha value is -2.03. The SMILES string of the molecule is CCC(CC)Oc1cc(C)nc(-c2c(C)cc(C)c(N)c2C)c1. The zero-order chi connectivity index (χ0) is 17.1. The van der Waals surface area contributed by atoms with Crippen molar-refractivity contribution in [3.05, 3.63) is 40.6 Å². The van der Waals surface area contributed by atoms with Crippen molar-refractivity contribution < 1.29 is 4.74 Å². The Balaban J connectivity index is 2.53. The molecule has 0 amide bonds. The van der Waals surface area contributed by atoms with Crippen LogP contribution in [0.15, 0.2) is 18.2 Å². The van der Waals surface area contributed by atoms with E-state index in [0.717, 1.165) is 52.4 Å². The molecule has 0 saturated carbocycles. The van der Waals surface area contributed by atoms with Crippen LogP contribution in [0.3, 0.4) is 0 Å². The molecule has 0 saturated heterocycles. The zero-order valence-electron chi connectivity index (χ0n) is 15.2. The molecule has 23 heavy (non-hydrogen) atoms. The van der Waals surface area contributed by atoms with Crippen molar-refractivity contribution >= 4 is 5.69 Å². The summed E-state index contributed by atoms with van der Waals surface area (Å²) in [6.07, 6.45) is 2.25. The van der Waals surface area contributed by atoms with Crippen LogP contribution in [0.5, 0.6) is 5.75 Å².